The second-order valence-corrected chi connectivity index (χ2v) is 8.64. The number of fused-ring (bicyclic) bond motifs is 1. The molecule has 4 heterocycles. The third kappa shape index (κ3) is 2.42. The van der Waals surface area contributed by atoms with Crippen LogP contribution in [0.2, 0.25) is 0 Å². The van der Waals surface area contributed by atoms with Gasteiger partial charge >= 0.3 is 0 Å². The molecule has 1 aromatic heterocycles. The summed E-state index contributed by atoms with van der Waals surface area (Å²) in [6, 6.07) is 16.8. The third-order valence-electron chi connectivity index (χ3n) is 7.32. The van der Waals surface area contributed by atoms with Crippen LogP contribution in [0.3, 0.4) is 0 Å². The molecular weight excluding hydrogens is 364 g/mol. The van der Waals surface area contributed by atoms with Crippen LogP contribution in [0.1, 0.15) is 36.4 Å². The van der Waals surface area contributed by atoms with Crippen LogP contribution < -0.4 is 0 Å². The van der Waals surface area contributed by atoms with Crippen molar-refractivity contribution >= 4 is 16.9 Å². The summed E-state index contributed by atoms with van der Waals surface area (Å²) >= 11 is 0. The van der Waals surface area contributed by atoms with Crippen molar-refractivity contribution in [2.75, 3.05) is 19.6 Å². The molecule has 148 valence electrons. The molecule has 1 spiro atoms. The predicted octanol–water partition coefficient (Wildman–Crippen LogP) is 3.20. The molecule has 0 N–H and O–H groups in total. The molecule has 3 atom stereocenters. The standard InChI is InChI=1S/C23H24N4O2/c28-22-23-11-5-12-27(23)20(18-8-4-9-19-21(18)25-29-24-19)14-17(23)15-26(22)13-10-16-6-2-1-3-7-16/h1-4,6-9,17,20H,5,10-15H2/t17-,20-,23-/m0/s1. The van der Waals surface area contributed by atoms with E-state index in [1.54, 1.807) is 0 Å². The zero-order valence-electron chi connectivity index (χ0n) is 16.3. The van der Waals surface area contributed by atoms with Gasteiger partial charge in [-0.05, 0) is 54.2 Å². The zero-order chi connectivity index (χ0) is 19.4. The molecule has 6 nitrogen and oxygen atoms in total. The fourth-order valence-electron chi connectivity index (χ4n) is 6.07. The average molecular weight is 388 g/mol. The second-order valence-electron chi connectivity index (χ2n) is 8.64. The lowest BCUT2D eigenvalue weighted by atomic mass is 9.85. The van der Waals surface area contributed by atoms with Gasteiger partial charge in [0.05, 0.1) is 0 Å². The first-order valence-corrected chi connectivity index (χ1v) is 10.6. The van der Waals surface area contributed by atoms with Gasteiger partial charge in [-0.1, -0.05) is 42.5 Å². The predicted molar refractivity (Wildman–Crippen MR) is 108 cm³/mol. The lowest BCUT2D eigenvalue weighted by Gasteiger charge is -2.33. The lowest BCUT2D eigenvalue weighted by molar-refractivity contribution is -0.136. The SMILES string of the molecule is O=C1N(CCc2ccccc2)C[C@@H]2C[C@@H](c3cccc4nonc34)N3CCC[C@@]123. The first-order valence-electron chi connectivity index (χ1n) is 10.6. The Balaban J connectivity index is 1.28. The average Bonchev–Trinajstić information content (AvgIpc) is 3.50. The van der Waals surface area contributed by atoms with E-state index in [-0.39, 0.29) is 11.6 Å². The van der Waals surface area contributed by atoms with Crippen LogP contribution in [0.4, 0.5) is 0 Å². The van der Waals surface area contributed by atoms with Crippen molar-refractivity contribution in [2.45, 2.75) is 37.3 Å². The Labute approximate surface area is 169 Å². The molecule has 0 aliphatic carbocycles. The minimum atomic E-state index is -0.319. The summed E-state index contributed by atoms with van der Waals surface area (Å²) in [5.74, 6) is 0.720. The molecule has 0 radical (unpaired) electrons. The lowest BCUT2D eigenvalue weighted by Crippen LogP contribution is -2.49. The Morgan fingerprint density at radius 1 is 1.10 bits per heavy atom. The zero-order valence-corrected chi connectivity index (χ0v) is 16.3. The van der Waals surface area contributed by atoms with Gasteiger partial charge in [-0.15, -0.1) is 0 Å². The Morgan fingerprint density at radius 2 is 2.00 bits per heavy atom. The van der Waals surface area contributed by atoms with Crippen molar-refractivity contribution in [2.24, 2.45) is 5.92 Å². The molecule has 1 amide bonds. The first kappa shape index (κ1) is 17.2. The summed E-state index contributed by atoms with van der Waals surface area (Å²) in [6.07, 6.45) is 3.97. The maximum atomic E-state index is 13.6. The van der Waals surface area contributed by atoms with Crippen LogP contribution in [-0.2, 0) is 11.2 Å². The highest BCUT2D eigenvalue weighted by Gasteiger charge is 2.65. The molecule has 6 rings (SSSR count). The van der Waals surface area contributed by atoms with Crippen molar-refractivity contribution in [3.8, 4) is 0 Å². The van der Waals surface area contributed by atoms with E-state index in [1.807, 2.05) is 18.2 Å². The number of carbonyl (C=O) groups is 1. The fraction of sp³-hybridized carbons (Fsp3) is 0.435. The van der Waals surface area contributed by atoms with Crippen molar-refractivity contribution in [3.05, 3.63) is 59.7 Å². The third-order valence-corrected chi connectivity index (χ3v) is 7.32. The molecule has 2 aromatic carbocycles. The van der Waals surface area contributed by atoms with Gasteiger partial charge in [-0.3, -0.25) is 9.69 Å². The van der Waals surface area contributed by atoms with E-state index in [9.17, 15) is 4.79 Å². The summed E-state index contributed by atoms with van der Waals surface area (Å²) in [4.78, 5) is 18.2. The molecular formula is C23H24N4O2. The topological polar surface area (TPSA) is 62.5 Å². The van der Waals surface area contributed by atoms with E-state index in [0.717, 1.165) is 61.9 Å². The highest BCUT2D eigenvalue weighted by molar-refractivity contribution is 5.90. The van der Waals surface area contributed by atoms with Gasteiger partial charge in [0.25, 0.3) is 0 Å². The molecule has 29 heavy (non-hydrogen) atoms. The Kier molecular flexibility index (Phi) is 3.78. The summed E-state index contributed by atoms with van der Waals surface area (Å²) in [7, 11) is 0. The molecule has 0 unspecified atom stereocenters. The first-order chi connectivity index (χ1) is 14.3. The molecule has 3 aliphatic rings. The number of amides is 1. The highest BCUT2D eigenvalue weighted by atomic mass is 16.6. The molecule has 3 fully saturated rings. The van der Waals surface area contributed by atoms with Gasteiger partial charge in [-0.25, -0.2) is 4.63 Å². The van der Waals surface area contributed by atoms with Crippen molar-refractivity contribution < 1.29 is 9.42 Å². The van der Waals surface area contributed by atoms with E-state index >= 15 is 0 Å². The van der Waals surface area contributed by atoms with Gasteiger partial charge in [0, 0.05) is 30.6 Å². The minimum Gasteiger partial charge on any atom is -0.340 e. The molecule has 0 saturated carbocycles. The van der Waals surface area contributed by atoms with Crippen LogP contribution in [0.25, 0.3) is 11.0 Å². The van der Waals surface area contributed by atoms with Crippen LogP contribution in [-0.4, -0.2) is 51.2 Å². The van der Waals surface area contributed by atoms with Crippen LogP contribution in [0.5, 0.6) is 0 Å². The summed E-state index contributed by atoms with van der Waals surface area (Å²) in [6.45, 7) is 2.65. The summed E-state index contributed by atoms with van der Waals surface area (Å²) in [5, 5.41) is 8.17. The molecule has 3 saturated heterocycles. The Bertz CT molecular complexity index is 1060. The Hall–Kier alpha value is -2.73. The van der Waals surface area contributed by atoms with E-state index in [4.69, 9.17) is 4.63 Å². The maximum absolute atomic E-state index is 13.6. The number of hydrogen-bond donors (Lipinski definition) is 0. The van der Waals surface area contributed by atoms with Crippen LogP contribution in [0.15, 0.2) is 53.2 Å². The van der Waals surface area contributed by atoms with Crippen molar-refractivity contribution in [1.82, 2.24) is 20.1 Å². The normalized spacial score (nSPS) is 29.0. The van der Waals surface area contributed by atoms with Crippen molar-refractivity contribution in [3.63, 3.8) is 0 Å². The van der Waals surface area contributed by atoms with Gasteiger partial charge < -0.3 is 4.90 Å². The fourth-order valence-corrected chi connectivity index (χ4v) is 6.07. The van der Waals surface area contributed by atoms with E-state index in [0.29, 0.717) is 11.8 Å². The van der Waals surface area contributed by atoms with Gasteiger partial charge in [-0.2, -0.15) is 0 Å². The number of aromatic nitrogens is 2. The molecule has 6 heteroatoms. The number of rotatable bonds is 4. The van der Waals surface area contributed by atoms with Crippen molar-refractivity contribution in [1.29, 1.82) is 0 Å². The molecule has 3 aliphatic heterocycles. The van der Waals surface area contributed by atoms with Gasteiger partial charge in [0.1, 0.15) is 16.6 Å². The van der Waals surface area contributed by atoms with E-state index in [2.05, 4.69) is 50.4 Å². The quantitative estimate of drug-likeness (QED) is 0.687. The Morgan fingerprint density at radius 3 is 2.90 bits per heavy atom. The smallest absolute Gasteiger partial charge is 0.243 e. The monoisotopic (exact) mass is 388 g/mol. The number of likely N-dealkylation sites (tertiary alicyclic amines) is 1. The number of carbonyl (C=O) groups excluding carboxylic acids is 1. The maximum Gasteiger partial charge on any atom is 0.243 e. The van der Waals surface area contributed by atoms with Gasteiger partial charge in [0.15, 0.2) is 0 Å². The van der Waals surface area contributed by atoms with Crippen LogP contribution in [0, 0.1) is 5.92 Å². The van der Waals surface area contributed by atoms with E-state index in [1.165, 1.54) is 5.56 Å². The van der Waals surface area contributed by atoms with Gasteiger partial charge in [0.2, 0.25) is 5.91 Å². The highest BCUT2D eigenvalue weighted by Crippen LogP contribution is 2.56. The second kappa shape index (κ2) is 6.39. The van der Waals surface area contributed by atoms with E-state index < -0.39 is 0 Å². The summed E-state index contributed by atoms with van der Waals surface area (Å²) < 4.78 is 4.99. The number of hydrogen-bond acceptors (Lipinski definition) is 5. The van der Waals surface area contributed by atoms with Crippen LogP contribution >= 0.6 is 0 Å². The minimum absolute atomic E-state index is 0.221. The largest absolute Gasteiger partial charge is 0.340 e. The number of benzene rings is 2. The summed E-state index contributed by atoms with van der Waals surface area (Å²) in [5.41, 5.74) is 3.77. The number of nitrogens with zero attached hydrogens (tertiary/aromatic N) is 4. The molecule has 3 aromatic rings. The molecule has 0 bridgehead atoms.